The molecule has 1 aromatic rings. The number of benzene rings is 1. The SMILES string of the molecule is O=C(OCC(=O)N1CCCCC1)c1ccc(F)cc1. The molecular formula is C14H16FNO3. The maximum Gasteiger partial charge on any atom is 0.338 e. The largest absolute Gasteiger partial charge is 0.452 e. The number of piperidine rings is 1. The van der Waals surface area contributed by atoms with Crippen LogP contribution in [0.1, 0.15) is 29.6 Å². The molecule has 1 fully saturated rings. The van der Waals surface area contributed by atoms with E-state index in [0.717, 1.165) is 32.4 Å². The maximum absolute atomic E-state index is 12.7. The van der Waals surface area contributed by atoms with Gasteiger partial charge in [-0.25, -0.2) is 9.18 Å². The Labute approximate surface area is 111 Å². The van der Waals surface area contributed by atoms with Crippen LogP contribution in [-0.4, -0.2) is 36.5 Å². The lowest BCUT2D eigenvalue weighted by Gasteiger charge is -2.26. The van der Waals surface area contributed by atoms with Crippen molar-refractivity contribution in [3.8, 4) is 0 Å². The Hall–Kier alpha value is -1.91. The zero-order valence-corrected chi connectivity index (χ0v) is 10.6. The Kier molecular flexibility index (Phi) is 4.49. The molecule has 1 aliphatic heterocycles. The van der Waals surface area contributed by atoms with Crippen molar-refractivity contribution in [1.82, 2.24) is 4.90 Å². The third-order valence-electron chi connectivity index (χ3n) is 3.12. The van der Waals surface area contributed by atoms with E-state index in [0.29, 0.717) is 0 Å². The third-order valence-corrected chi connectivity index (χ3v) is 3.12. The van der Waals surface area contributed by atoms with E-state index in [1.54, 1.807) is 4.90 Å². The molecule has 19 heavy (non-hydrogen) atoms. The van der Waals surface area contributed by atoms with Crippen molar-refractivity contribution in [2.75, 3.05) is 19.7 Å². The number of nitrogens with zero attached hydrogens (tertiary/aromatic N) is 1. The standard InChI is InChI=1S/C14H16FNO3/c15-12-6-4-11(5-7-12)14(18)19-10-13(17)16-8-2-1-3-9-16/h4-7H,1-3,8-10H2. The van der Waals surface area contributed by atoms with Crippen LogP contribution in [0.5, 0.6) is 0 Å². The lowest BCUT2D eigenvalue weighted by atomic mass is 10.1. The van der Waals surface area contributed by atoms with Gasteiger partial charge in [0.25, 0.3) is 5.91 Å². The molecule has 0 atom stereocenters. The topological polar surface area (TPSA) is 46.6 Å². The van der Waals surface area contributed by atoms with Crippen molar-refractivity contribution in [3.63, 3.8) is 0 Å². The van der Waals surface area contributed by atoms with Gasteiger partial charge in [0.1, 0.15) is 5.82 Å². The first-order valence-electron chi connectivity index (χ1n) is 6.37. The number of ether oxygens (including phenoxy) is 1. The Morgan fingerprint density at radius 1 is 1.11 bits per heavy atom. The number of amides is 1. The molecule has 0 aromatic heterocycles. The Morgan fingerprint density at radius 3 is 2.37 bits per heavy atom. The van der Waals surface area contributed by atoms with Gasteiger partial charge in [-0.15, -0.1) is 0 Å². The summed E-state index contributed by atoms with van der Waals surface area (Å²) >= 11 is 0. The summed E-state index contributed by atoms with van der Waals surface area (Å²) in [6.45, 7) is 1.20. The summed E-state index contributed by atoms with van der Waals surface area (Å²) in [4.78, 5) is 25.1. The molecule has 0 aliphatic carbocycles. The van der Waals surface area contributed by atoms with Gasteiger partial charge in [0, 0.05) is 13.1 Å². The van der Waals surface area contributed by atoms with Crippen molar-refractivity contribution in [2.24, 2.45) is 0 Å². The van der Waals surface area contributed by atoms with E-state index in [4.69, 9.17) is 4.74 Å². The average Bonchev–Trinajstić information content (AvgIpc) is 2.46. The second-order valence-corrected chi connectivity index (χ2v) is 4.52. The number of halogens is 1. The van der Waals surface area contributed by atoms with Crippen LogP contribution in [0, 0.1) is 5.82 Å². The summed E-state index contributed by atoms with van der Waals surface area (Å²) in [5.74, 6) is -1.19. The molecule has 1 heterocycles. The number of carbonyl (C=O) groups excluding carboxylic acids is 2. The van der Waals surface area contributed by atoms with Crippen LogP contribution in [-0.2, 0) is 9.53 Å². The maximum atomic E-state index is 12.7. The van der Waals surface area contributed by atoms with Crippen LogP contribution in [0.15, 0.2) is 24.3 Å². The highest BCUT2D eigenvalue weighted by molar-refractivity contribution is 5.91. The summed E-state index contributed by atoms with van der Waals surface area (Å²) in [6, 6.07) is 5.04. The van der Waals surface area contributed by atoms with E-state index in [9.17, 15) is 14.0 Å². The minimum Gasteiger partial charge on any atom is -0.452 e. The minimum absolute atomic E-state index is 0.171. The van der Waals surface area contributed by atoms with Crippen molar-refractivity contribution in [2.45, 2.75) is 19.3 Å². The number of hydrogen-bond donors (Lipinski definition) is 0. The van der Waals surface area contributed by atoms with Gasteiger partial charge in [-0.3, -0.25) is 4.79 Å². The first-order chi connectivity index (χ1) is 9.16. The van der Waals surface area contributed by atoms with Gasteiger partial charge in [-0.05, 0) is 43.5 Å². The first kappa shape index (κ1) is 13.5. The normalized spacial score (nSPS) is 15.1. The molecular weight excluding hydrogens is 249 g/mol. The van der Waals surface area contributed by atoms with E-state index in [-0.39, 0.29) is 18.1 Å². The third kappa shape index (κ3) is 3.77. The smallest absolute Gasteiger partial charge is 0.338 e. The summed E-state index contributed by atoms with van der Waals surface area (Å²) in [5.41, 5.74) is 0.243. The van der Waals surface area contributed by atoms with E-state index >= 15 is 0 Å². The highest BCUT2D eigenvalue weighted by Crippen LogP contribution is 2.09. The van der Waals surface area contributed by atoms with Crippen LogP contribution in [0.3, 0.4) is 0 Å². The molecule has 4 nitrogen and oxygen atoms in total. The first-order valence-corrected chi connectivity index (χ1v) is 6.37. The molecule has 1 saturated heterocycles. The summed E-state index contributed by atoms with van der Waals surface area (Å²) in [7, 11) is 0. The molecule has 5 heteroatoms. The molecule has 2 rings (SSSR count). The van der Waals surface area contributed by atoms with Crippen molar-refractivity contribution < 1.29 is 18.7 Å². The van der Waals surface area contributed by atoms with Gasteiger partial charge < -0.3 is 9.64 Å². The fourth-order valence-electron chi connectivity index (χ4n) is 2.03. The van der Waals surface area contributed by atoms with Crippen molar-refractivity contribution in [1.29, 1.82) is 0 Å². The quantitative estimate of drug-likeness (QED) is 0.785. The van der Waals surface area contributed by atoms with E-state index in [1.807, 2.05) is 0 Å². The number of likely N-dealkylation sites (tertiary alicyclic amines) is 1. The lowest BCUT2D eigenvalue weighted by molar-refractivity contribution is -0.135. The second-order valence-electron chi connectivity index (χ2n) is 4.52. The van der Waals surface area contributed by atoms with Crippen LogP contribution >= 0.6 is 0 Å². The monoisotopic (exact) mass is 265 g/mol. The number of esters is 1. The van der Waals surface area contributed by atoms with Gasteiger partial charge in [-0.1, -0.05) is 0 Å². The van der Waals surface area contributed by atoms with E-state index in [2.05, 4.69) is 0 Å². The molecule has 0 unspecified atom stereocenters. The fourth-order valence-corrected chi connectivity index (χ4v) is 2.03. The van der Waals surface area contributed by atoms with Crippen molar-refractivity contribution in [3.05, 3.63) is 35.6 Å². The molecule has 1 aliphatic rings. The van der Waals surface area contributed by atoms with Crippen LogP contribution in [0.4, 0.5) is 4.39 Å². The summed E-state index contributed by atoms with van der Waals surface area (Å²) < 4.78 is 17.6. The minimum atomic E-state index is -0.606. The van der Waals surface area contributed by atoms with Gasteiger partial charge in [0.15, 0.2) is 6.61 Å². The van der Waals surface area contributed by atoms with E-state index in [1.165, 1.54) is 24.3 Å². The Balaban J connectivity index is 1.82. The average molecular weight is 265 g/mol. The molecule has 0 bridgehead atoms. The van der Waals surface area contributed by atoms with Gasteiger partial charge in [0.2, 0.25) is 0 Å². The van der Waals surface area contributed by atoms with Crippen LogP contribution in [0.2, 0.25) is 0 Å². The zero-order chi connectivity index (χ0) is 13.7. The Morgan fingerprint density at radius 2 is 1.74 bits per heavy atom. The zero-order valence-electron chi connectivity index (χ0n) is 10.6. The van der Waals surface area contributed by atoms with Crippen LogP contribution < -0.4 is 0 Å². The summed E-state index contributed by atoms with van der Waals surface area (Å²) in [5, 5.41) is 0. The van der Waals surface area contributed by atoms with Gasteiger partial charge in [-0.2, -0.15) is 0 Å². The number of rotatable bonds is 3. The predicted molar refractivity (Wildman–Crippen MR) is 67.1 cm³/mol. The Bertz CT molecular complexity index is 452. The highest BCUT2D eigenvalue weighted by Gasteiger charge is 2.18. The number of hydrogen-bond acceptors (Lipinski definition) is 3. The van der Waals surface area contributed by atoms with Gasteiger partial charge >= 0.3 is 5.97 Å². The summed E-state index contributed by atoms with van der Waals surface area (Å²) in [6.07, 6.45) is 3.13. The molecule has 0 saturated carbocycles. The fraction of sp³-hybridized carbons (Fsp3) is 0.429. The number of carbonyl (C=O) groups is 2. The molecule has 1 amide bonds. The lowest BCUT2D eigenvalue weighted by Crippen LogP contribution is -2.38. The molecule has 0 N–H and O–H groups in total. The molecule has 102 valence electrons. The van der Waals surface area contributed by atoms with E-state index < -0.39 is 11.8 Å². The van der Waals surface area contributed by atoms with Crippen molar-refractivity contribution >= 4 is 11.9 Å². The van der Waals surface area contributed by atoms with Gasteiger partial charge in [0.05, 0.1) is 5.56 Å². The highest BCUT2D eigenvalue weighted by atomic mass is 19.1. The second kappa shape index (κ2) is 6.31. The predicted octanol–water partition coefficient (Wildman–Crippen LogP) is 1.99. The molecule has 1 aromatic carbocycles. The molecule has 0 spiro atoms. The van der Waals surface area contributed by atoms with Crippen LogP contribution in [0.25, 0.3) is 0 Å². The molecule has 0 radical (unpaired) electrons.